The van der Waals surface area contributed by atoms with Crippen molar-refractivity contribution in [2.45, 2.75) is 19.3 Å². The molecule has 0 saturated carbocycles. The lowest BCUT2D eigenvalue weighted by Crippen LogP contribution is -1.94. The molecule has 0 N–H and O–H groups in total. The van der Waals surface area contributed by atoms with Gasteiger partial charge in [0.1, 0.15) is 11.2 Å². The molecule has 1 aliphatic rings. The van der Waals surface area contributed by atoms with Crippen LogP contribution in [0, 0.1) is 0 Å². The highest BCUT2D eigenvalue weighted by Gasteiger charge is 2.23. The average molecular weight is 437 g/mol. The van der Waals surface area contributed by atoms with Crippen LogP contribution < -0.4 is 0 Å². The van der Waals surface area contributed by atoms with Crippen molar-refractivity contribution in [1.29, 1.82) is 0 Å². The predicted molar refractivity (Wildman–Crippen MR) is 140 cm³/mol. The zero-order chi connectivity index (χ0) is 22.5. The van der Waals surface area contributed by atoms with E-state index in [0.717, 1.165) is 30.4 Å². The molecular weight excluding hydrogens is 412 g/mol. The van der Waals surface area contributed by atoms with E-state index in [1.54, 1.807) is 0 Å². The van der Waals surface area contributed by atoms with E-state index < -0.39 is 0 Å². The topological polar surface area (TPSA) is 13.1 Å². The lowest BCUT2D eigenvalue weighted by molar-refractivity contribution is 0.663. The van der Waals surface area contributed by atoms with Gasteiger partial charge >= 0.3 is 0 Å². The lowest BCUT2D eigenvalue weighted by atomic mass is 9.96. The van der Waals surface area contributed by atoms with E-state index in [9.17, 15) is 0 Å². The second kappa shape index (κ2) is 7.74. The first kappa shape index (κ1) is 19.4. The third-order valence-corrected chi connectivity index (χ3v) is 7.21. The Kier molecular flexibility index (Phi) is 4.41. The minimum absolute atomic E-state index is 0.878. The van der Waals surface area contributed by atoms with E-state index in [1.807, 2.05) is 0 Å². The molecule has 34 heavy (non-hydrogen) atoms. The van der Waals surface area contributed by atoms with E-state index in [0.29, 0.717) is 0 Å². The summed E-state index contributed by atoms with van der Waals surface area (Å²) in [6, 6.07) is 39.4. The maximum absolute atomic E-state index is 6.51. The van der Waals surface area contributed by atoms with Crippen LogP contribution in [0.3, 0.4) is 0 Å². The molecule has 1 nitrogen and oxygen atoms in total. The van der Waals surface area contributed by atoms with Crippen molar-refractivity contribution >= 4 is 21.9 Å². The Labute approximate surface area is 199 Å². The summed E-state index contributed by atoms with van der Waals surface area (Å²) in [5.41, 5.74) is 12.9. The van der Waals surface area contributed by atoms with Crippen molar-refractivity contribution in [2.75, 3.05) is 0 Å². The first-order valence-electron chi connectivity index (χ1n) is 12.0. The molecule has 6 aromatic rings. The van der Waals surface area contributed by atoms with Gasteiger partial charge in [0.25, 0.3) is 0 Å². The Morgan fingerprint density at radius 2 is 1.24 bits per heavy atom. The van der Waals surface area contributed by atoms with Crippen LogP contribution >= 0.6 is 0 Å². The molecule has 5 aromatic carbocycles. The Bertz CT molecular complexity index is 1660. The highest BCUT2D eigenvalue weighted by atomic mass is 16.3. The van der Waals surface area contributed by atoms with Crippen LogP contribution in [0.15, 0.2) is 114 Å². The molecule has 0 fully saturated rings. The molecule has 7 rings (SSSR count). The van der Waals surface area contributed by atoms with Gasteiger partial charge in [-0.25, -0.2) is 0 Å². The second-order valence-electron chi connectivity index (χ2n) is 9.35. The quantitative estimate of drug-likeness (QED) is 0.270. The molecule has 1 heteroatoms. The molecule has 1 aliphatic carbocycles. The largest absolute Gasteiger partial charge is 0.456 e. The van der Waals surface area contributed by atoms with Gasteiger partial charge in [-0.15, -0.1) is 0 Å². The number of fused-ring (bicyclic) bond motifs is 6. The van der Waals surface area contributed by atoms with Gasteiger partial charge in [-0.05, 0) is 69.5 Å². The van der Waals surface area contributed by atoms with Crippen LogP contribution in [-0.2, 0) is 19.3 Å². The number of hydrogen-bond donors (Lipinski definition) is 0. The molecule has 0 amide bonds. The molecular formula is C33H24O. The summed E-state index contributed by atoms with van der Waals surface area (Å²) in [5, 5.41) is 2.42. The molecule has 0 saturated heterocycles. The van der Waals surface area contributed by atoms with Crippen LogP contribution in [0.2, 0.25) is 0 Å². The summed E-state index contributed by atoms with van der Waals surface area (Å²) < 4.78 is 6.51. The Balaban J connectivity index is 1.33. The van der Waals surface area contributed by atoms with Gasteiger partial charge in [-0.2, -0.15) is 0 Å². The molecule has 162 valence electrons. The standard InChI is InChI=1S/C33H24O/c1-3-9-22(10-4-1)17-24-13-7-15-27-29(24)19-26-20-32-31(21-30(26)27)28-16-8-14-25(33(28)34-32)18-23-11-5-2-6-12-23/h1-16,20-21H,17-19H2. The van der Waals surface area contributed by atoms with Gasteiger partial charge in [0, 0.05) is 17.2 Å². The van der Waals surface area contributed by atoms with Crippen molar-refractivity contribution < 1.29 is 4.42 Å². The van der Waals surface area contributed by atoms with Crippen molar-refractivity contribution in [3.05, 3.63) is 143 Å². The van der Waals surface area contributed by atoms with E-state index in [-0.39, 0.29) is 0 Å². The summed E-state index contributed by atoms with van der Waals surface area (Å²) in [5.74, 6) is 0. The maximum Gasteiger partial charge on any atom is 0.138 e. The lowest BCUT2D eigenvalue weighted by Gasteiger charge is -2.08. The number of para-hydroxylation sites is 1. The van der Waals surface area contributed by atoms with Crippen LogP contribution in [-0.4, -0.2) is 0 Å². The minimum atomic E-state index is 0.878. The van der Waals surface area contributed by atoms with E-state index >= 15 is 0 Å². The van der Waals surface area contributed by atoms with Gasteiger partial charge in [0.05, 0.1) is 0 Å². The third kappa shape index (κ3) is 3.16. The average Bonchev–Trinajstić information content (AvgIpc) is 3.43. The van der Waals surface area contributed by atoms with Crippen LogP contribution in [0.1, 0.15) is 33.4 Å². The van der Waals surface area contributed by atoms with Gasteiger partial charge in [-0.3, -0.25) is 0 Å². The monoisotopic (exact) mass is 436 g/mol. The molecule has 0 aliphatic heterocycles. The molecule has 0 bridgehead atoms. The fraction of sp³-hybridized carbons (Fsp3) is 0.0909. The summed E-state index contributed by atoms with van der Waals surface area (Å²) in [4.78, 5) is 0. The predicted octanol–water partition coefficient (Wildman–Crippen LogP) is 8.34. The summed E-state index contributed by atoms with van der Waals surface area (Å²) in [6.45, 7) is 0. The third-order valence-electron chi connectivity index (χ3n) is 7.21. The van der Waals surface area contributed by atoms with Crippen molar-refractivity contribution in [3.63, 3.8) is 0 Å². The minimum Gasteiger partial charge on any atom is -0.456 e. The zero-order valence-corrected chi connectivity index (χ0v) is 18.9. The van der Waals surface area contributed by atoms with Crippen LogP contribution in [0.4, 0.5) is 0 Å². The smallest absolute Gasteiger partial charge is 0.138 e. The van der Waals surface area contributed by atoms with Gasteiger partial charge in [0.15, 0.2) is 0 Å². The zero-order valence-electron chi connectivity index (χ0n) is 18.9. The fourth-order valence-electron chi connectivity index (χ4n) is 5.56. The van der Waals surface area contributed by atoms with E-state index in [2.05, 4.69) is 109 Å². The number of hydrogen-bond acceptors (Lipinski definition) is 1. The Hall–Kier alpha value is -4.10. The summed E-state index contributed by atoms with van der Waals surface area (Å²) in [6.07, 6.45) is 2.82. The second-order valence-corrected chi connectivity index (χ2v) is 9.35. The van der Waals surface area contributed by atoms with Crippen molar-refractivity contribution in [2.24, 2.45) is 0 Å². The number of furan rings is 1. The van der Waals surface area contributed by atoms with Crippen molar-refractivity contribution in [3.8, 4) is 11.1 Å². The Morgan fingerprint density at radius 1 is 0.559 bits per heavy atom. The SMILES string of the molecule is c1ccc(Cc2cccc3c2Cc2cc4oc5c(Cc6ccccc6)cccc5c4cc2-3)cc1. The first-order chi connectivity index (χ1) is 16.8. The summed E-state index contributed by atoms with van der Waals surface area (Å²) >= 11 is 0. The maximum atomic E-state index is 6.51. The molecule has 0 spiro atoms. The fourth-order valence-corrected chi connectivity index (χ4v) is 5.56. The molecule has 1 aromatic heterocycles. The highest BCUT2D eigenvalue weighted by Crippen LogP contribution is 2.43. The van der Waals surface area contributed by atoms with Gasteiger partial charge < -0.3 is 4.42 Å². The van der Waals surface area contributed by atoms with Crippen LogP contribution in [0.5, 0.6) is 0 Å². The molecule has 0 atom stereocenters. The van der Waals surface area contributed by atoms with Gasteiger partial charge in [0.2, 0.25) is 0 Å². The highest BCUT2D eigenvalue weighted by molar-refractivity contribution is 6.08. The Morgan fingerprint density at radius 3 is 2.00 bits per heavy atom. The van der Waals surface area contributed by atoms with E-state index in [1.165, 1.54) is 55.3 Å². The van der Waals surface area contributed by atoms with E-state index in [4.69, 9.17) is 4.42 Å². The molecule has 0 radical (unpaired) electrons. The first-order valence-corrected chi connectivity index (χ1v) is 12.0. The van der Waals surface area contributed by atoms with Crippen LogP contribution in [0.25, 0.3) is 33.1 Å². The van der Waals surface area contributed by atoms with Gasteiger partial charge in [-0.1, -0.05) is 97.1 Å². The normalized spacial score (nSPS) is 12.2. The summed E-state index contributed by atoms with van der Waals surface area (Å²) in [7, 11) is 0. The number of benzene rings is 5. The molecule has 0 unspecified atom stereocenters. The van der Waals surface area contributed by atoms with Crippen molar-refractivity contribution in [1.82, 2.24) is 0 Å². The molecule has 1 heterocycles. The number of rotatable bonds is 4.